The van der Waals surface area contributed by atoms with Gasteiger partial charge in [0.2, 0.25) is 0 Å². The number of benzene rings is 1. The maximum atomic E-state index is 11.8. The Morgan fingerprint density at radius 3 is 2.87 bits per heavy atom. The van der Waals surface area contributed by atoms with Crippen molar-refractivity contribution in [2.24, 2.45) is 0 Å². The molecule has 23 heavy (non-hydrogen) atoms. The van der Waals surface area contributed by atoms with Gasteiger partial charge in [0.15, 0.2) is 12.4 Å². The fourth-order valence-electron chi connectivity index (χ4n) is 1.66. The molecule has 0 aliphatic carbocycles. The molecular weight excluding hydrogens is 345 g/mol. The van der Waals surface area contributed by atoms with Crippen molar-refractivity contribution in [3.05, 3.63) is 46.6 Å². The summed E-state index contributed by atoms with van der Waals surface area (Å²) in [6, 6.07) is 7.97. The summed E-state index contributed by atoms with van der Waals surface area (Å²) in [7, 11) is 0. The zero-order chi connectivity index (χ0) is 16.2. The van der Waals surface area contributed by atoms with Gasteiger partial charge in [0.05, 0.1) is 11.3 Å². The first-order valence-electron chi connectivity index (χ1n) is 6.37. The molecule has 1 aromatic carbocycles. The van der Waals surface area contributed by atoms with Crippen molar-refractivity contribution in [1.82, 2.24) is 10.2 Å². The van der Waals surface area contributed by atoms with Crippen LogP contribution in [0.1, 0.15) is 0 Å². The number of ether oxygens (including phenoxy) is 1. The largest absolute Gasteiger partial charge is 0.482 e. The third-order valence-corrected chi connectivity index (χ3v) is 3.19. The van der Waals surface area contributed by atoms with Gasteiger partial charge in [-0.1, -0.05) is 28.3 Å². The number of amides is 1. The number of halogens is 2. The van der Waals surface area contributed by atoms with Gasteiger partial charge in [-0.15, -0.1) is 5.10 Å². The summed E-state index contributed by atoms with van der Waals surface area (Å²) in [5.74, 6) is 0.424. The third kappa shape index (κ3) is 3.82. The molecule has 0 unspecified atom stereocenters. The predicted octanol–water partition coefficient (Wildman–Crippen LogP) is 3.65. The monoisotopic (exact) mass is 353 g/mol. The third-order valence-electron chi connectivity index (χ3n) is 2.66. The number of hydrogen-bond donors (Lipinski definition) is 1. The average molecular weight is 354 g/mol. The van der Waals surface area contributed by atoms with Crippen molar-refractivity contribution in [1.29, 1.82) is 0 Å². The molecule has 0 saturated carbocycles. The second-order valence-electron chi connectivity index (χ2n) is 4.30. The number of rotatable bonds is 5. The van der Waals surface area contributed by atoms with Crippen LogP contribution in [0.15, 0.2) is 45.4 Å². The molecular formula is C14H9Cl2N3O4. The van der Waals surface area contributed by atoms with E-state index in [1.165, 1.54) is 12.3 Å². The van der Waals surface area contributed by atoms with Crippen LogP contribution in [0, 0.1) is 0 Å². The van der Waals surface area contributed by atoms with Crippen LogP contribution in [0.5, 0.6) is 5.75 Å². The number of nitrogens with one attached hydrogen (secondary N) is 1. The summed E-state index contributed by atoms with van der Waals surface area (Å²) in [4.78, 5) is 11.8. The summed E-state index contributed by atoms with van der Waals surface area (Å²) in [5, 5.41) is 10.6. The smallest absolute Gasteiger partial charge is 0.322 e. The average Bonchev–Trinajstić information content (AvgIpc) is 3.17. The van der Waals surface area contributed by atoms with Gasteiger partial charge in [-0.25, -0.2) is 0 Å². The van der Waals surface area contributed by atoms with E-state index >= 15 is 0 Å². The summed E-state index contributed by atoms with van der Waals surface area (Å²) in [6.07, 6.45) is 1.47. The van der Waals surface area contributed by atoms with Crippen LogP contribution in [0.25, 0.3) is 11.7 Å². The molecule has 0 aliphatic heterocycles. The van der Waals surface area contributed by atoms with Crippen molar-refractivity contribution in [2.75, 3.05) is 11.9 Å². The van der Waals surface area contributed by atoms with Crippen LogP contribution in [-0.4, -0.2) is 22.7 Å². The van der Waals surface area contributed by atoms with E-state index < -0.39 is 5.91 Å². The molecule has 0 saturated heterocycles. The van der Waals surface area contributed by atoms with Gasteiger partial charge in [0.1, 0.15) is 5.75 Å². The van der Waals surface area contributed by atoms with Crippen molar-refractivity contribution in [3.63, 3.8) is 0 Å². The molecule has 3 rings (SSSR count). The lowest BCUT2D eigenvalue weighted by Gasteiger charge is -2.07. The van der Waals surface area contributed by atoms with Gasteiger partial charge < -0.3 is 13.6 Å². The molecule has 7 nitrogen and oxygen atoms in total. The van der Waals surface area contributed by atoms with Gasteiger partial charge in [-0.05, 0) is 30.3 Å². The van der Waals surface area contributed by atoms with E-state index in [1.807, 2.05) is 0 Å². The van der Waals surface area contributed by atoms with Crippen LogP contribution in [0.3, 0.4) is 0 Å². The van der Waals surface area contributed by atoms with Crippen molar-refractivity contribution < 1.29 is 18.4 Å². The molecule has 0 bridgehead atoms. The summed E-state index contributed by atoms with van der Waals surface area (Å²) in [5.41, 5.74) is 0. The predicted molar refractivity (Wildman–Crippen MR) is 82.6 cm³/mol. The SMILES string of the molecule is O=C(COc1ccc(Cl)cc1Cl)Nc1nnc(-c2ccco2)o1. The van der Waals surface area contributed by atoms with Gasteiger partial charge in [-0.2, -0.15) is 0 Å². The second kappa shape index (κ2) is 6.72. The highest BCUT2D eigenvalue weighted by molar-refractivity contribution is 6.35. The Morgan fingerprint density at radius 1 is 1.26 bits per heavy atom. The number of nitrogens with zero attached hydrogens (tertiary/aromatic N) is 2. The molecule has 0 spiro atoms. The minimum atomic E-state index is -0.481. The zero-order valence-corrected chi connectivity index (χ0v) is 13.0. The highest BCUT2D eigenvalue weighted by Gasteiger charge is 2.14. The Morgan fingerprint density at radius 2 is 2.13 bits per heavy atom. The summed E-state index contributed by atoms with van der Waals surface area (Å²) < 4.78 is 15.6. The number of furan rings is 1. The molecule has 0 atom stereocenters. The number of aromatic nitrogens is 2. The van der Waals surface area contributed by atoms with Crippen LogP contribution in [0.2, 0.25) is 10.0 Å². The molecule has 2 heterocycles. The van der Waals surface area contributed by atoms with Crippen molar-refractivity contribution in [3.8, 4) is 17.4 Å². The van der Waals surface area contributed by atoms with Gasteiger partial charge >= 0.3 is 6.01 Å². The molecule has 1 amide bonds. The Hall–Kier alpha value is -2.51. The van der Waals surface area contributed by atoms with Crippen LogP contribution < -0.4 is 10.1 Å². The fraction of sp³-hybridized carbons (Fsp3) is 0.0714. The summed E-state index contributed by atoms with van der Waals surface area (Å²) in [6.45, 7) is -0.278. The molecule has 9 heteroatoms. The lowest BCUT2D eigenvalue weighted by molar-refractivity contribution is -0.118. The Bertz CT molecular complexity index is 817. The van der Waals surface area contributed by atoms with Crippen molar-refractivity contribution >= 4 is 35.1 Å². The normalized spacial score (nSPS) is 10.5. The minimum Gasteiger partial charge on any atom is -0.482 e. The van der Waals surface area contributed by atoms with Crippen molar-refractivity contribution in [2.45, 2.75) is 0 Å². The lowest BCUT2D eigenvalue weighted by atomic mass is 10.3. The highest BCUT2D eigenvalue weighted by Crippen LogP contribution is 2.27. The first kappa shape index (κ1) is 15.4. The number of carbonyl (C=O) groups is 1. The summed E-state index contributed by atoms with van der Waals surface area (Å²) >= 11 is 11.7. The van der Waals surface area contributed by atoms with E-state index in [9.17, 15) is 4.79 Å². The molecule has 2 aromatic heterocycles. The van der Waals surface area contributed by atoms with E-state index in [0.717, 1.165) is 0 Å². The number of carbonyl (C=O) groups excluding carboxylic acids is 1. The number of hydrogen-bond acceptors (Lipinski definition) is 6. The Labute approximate surface area is 140 Å². The minimum absolute atomic E-state index is 0.0628. The zero-order valence-electron chi connectivity index (χ0n) is 11.5. The van der Waals surface area contributed by atoms with Gasteiger partial charge in [0.25, 0.3) is 11.8 Å². The van der Waals surface area contributed by atoms with Crippen LogP contribution in [-0.2, 0) is 4.79 Å². The molecule has 118 valence electrons. The standard InChI is InChI=1S/C14H9Cl2N3O4/c15-8-3-4-10(9(16)6-8)22-7-12(20)17-14-19-18-13(23-14)11-2-1-5-21-11/h1-6H,7H2,(H,17,19,20). The molecule has 0 radical (unpaired) electrons. The second-order valence-corrected chi connectivity index (χ2v) is 5.14. The van der Waals surface area contributed by atoms with E-state index in [2.05, 4.69) is 15.5 Å². The molecule has 3 aromatic rings. The molecule has 0 aliphatic rings. The van der Waals surface area contributed by atoms with E-state index in [0.29, 0.717) is 21.6 Å². The Balaban J connectivity index is 1.57. The fourth-order valence-corrected chi connectivity index (χ4v) is 2.13. The maximum Gasteiger partial charge on any atom is 0.322 e. The number of anilines is 1. The van der Waals surface area contributed by atoms with E-state index in [4.69, 9.17) is 36.8 Å². The lowest BCUT2D eigenvalue weighted by Crippen LogP contribution is -2.20. The maximum absolute atomic E-state index is 11.8. The first-order valence-corrected chi connectivity index (χ1v) is 7.12. The highest BCUT2D eigenvalue weighted by atomic mass is 35.5. The molecule has 0 fully saturated rings. The molecule has 1 N–H and O–H groups in total. The quantitative estimate of drug-likeness (QED) is 0.752. The van der Waals surface area contributed by atoms with Crippen LogP contribution in [0.4, 0.5) is 6.01 Å². The topological polar surface area (TPSA) is 90.4 Å². The Kier molecular flexibility index (Phi) is 4.50. The van der Waals surface area contributed by atoms with E-state index in [-0.39, 0.29) is 18.5 Å². The van der Waals surface area contributed by atoms with E-state index in [1.54, 1.807) is 24.3 Å². The van der Waals surface area contributed by atoms with Crippen LogP contribution >= 0.6 is 23.2 Å². The first-order chi connectivity index (χ1) is 11.1. The van der Waals surface area contributed by atoms with Gasteiger partial charge in [-0.3, -0.25) is 10.1 Å². The van der Waals surface area contributed by atoms with Gasteiger partial charge in [0, 0.05) is 5.02 Å².